The standard InChI is InChI=1S/C28H38O2/c1-4-30-22-11-8-19(9-12-22)17-20-18-25-23-13-10-21-7-5-6-15-27(21,2)24(23)14-16-28(25,3)26(20)29/h8-9,11-12,17,21,23-25H,4-7,10,13-16,18H2,1-3H3/b20-17+/t21-,23+,24-,25-,27-,28-/m0/s1. The van der Waals surface area contributed by atoms with Crippen LogP contribution in [0, 0.1) is 34.5 Å². The van der Waals surface area contributed by atoms with Crippen molar-refractivity contribution in [1.29, 1.82) is 0 Å². The summed E-state index contributed by atoms with van der Waals surface area (Å²) in [5.74, 6) is 4.42. The van der Waals surface area contributed by atoms with Crippen LogP contribution in [0.3, 0.4) is 0 Å². The molecule has 2 heteroatoms. The van der Waals surface area contributed by atoms with E-state index in [1.54, 1.807) is 0 Å². The first-order chi connectivity index (χ1) is 14.5. The van der Waals surface area contributed by atoms with Crippen LogP contribution in [0.4, 0.5) is 0 Å². The van der Waals surface area contributed by atoms with Gasteiger partial charge in [0.1, 0.15) is 5.75 Å². The Morgan fingerprint density at radius 3 is 2.57 bits per heavy atom. The second-order valence-corrected chi connectivity index (χ2v) is 11.1. The van der Waals surface area contributed by atoms with E-state index in [2.05, 4.69) is 32.1 Å². The molecule has 0 heterocycles. The van der Waals surface area contributed by atoms with Crippen LogP contribution in [0.1, 0.15) is 84.1 Å². The number of rotatable bonds is 3. The van der Waals surface area contributed by atoms with Gasteiger partial charge in [-0.3, -0.25) is 4.79 Å². The molecule has 4 aliphatic rings. The first-order valence-corrected chi connectivity index (χ1v) is 12.4. The largest absolute Gasteiger partial charge is 0.494 e. The van der Waals surface area contributed by atoms with E-state index < -0.39 is 0 Å². The third kappa shape index (κ3) is 3.09. The van der Waals surface area contributed by atoms with Crippen LogP contribution >= 0.6 is 0 Å². The molecule has 0 aromatic heterocycles. The molecule has 4 saturated carbocycles. The Balaban J connectivity index is 1.41. The minimum atomic E-state index is -0.129. The Hall–Kier alpha value is -1.57. The topological polar surface area (TPSA) is 26.3 Å². The number of Topliss-reactive ketones (excluding diaryl/α,β-unsaturated/α-hetero) is 1. The Bertz CT molecular complexity index is 837. The maximum Gasteiger partial charge on any atom is 0.165 e. The van der Waals surface area contributed by atoms with Gasteiger partial charge < -0.3 is 4.74 Å². The van der Waals surface area contributed by atoms with Crippen LogP contribution in [0.5, 0.6) is 5.75 Å². The molecular weight excluding hydrogens is 368 g/mol. The number of allylic oxidation sites excluding steroid dienone is 1. The van der Waals surface area contributed by atoms with Crippen LogP contribution in [-0.2, 0) is 4.79 Å². The molecule has 0 N–H and O–H groups in total. The van der Waals surface area contributed by atoms with Gasteiger partial charge in [0, 0.05) is 5.41 Å². The fraction of sp³-hybridized carbons (Fsp3) is 0.679. The van der Waals surface area contributed by atoms with Gasteiger partial charge in [0.05, 0.1) is 6.61 Å². The van der Waals surface area contributed by atoms with Crippen LogP contribution in [0.15, 0.2) is 29.8 Å². The van der Waals surface area contributed by atoms with Gasteiger partial charge in [0.2, 0.25) is 0 Å². The summed E-state index contributed by atoms with van der Waals surface area (Å²) in [6.07, 6.45) is 14.0. The fourth-order valence-corrected chi connectivity index (χ4v) is 8.12. The van der Waals surface area contributed by atoms with Gasteiger partial charge in [-0.25, -0.2) is 0 Å². The summed E-state index contributed by atoms with van der Waals surface area (Å²) in [4.78, 5) is 13.6. The van der Waals surface area contributed by atoms with Gasteiger partial charge in [-0.2, -0.15) is 0 Å². The molecule has 0 aliphatic heterocycles. The average molecular weight is 407 g/mol. The molecule has 0 amide bonds. The van der Waals surface area contributed by atoms with Gasteiger partial charge in [-0.1, -0.05) is 38.8 Å². The molecule has 0 bridgehead atoms. The molecule has 2 nitrogen and oxygen atoms in total. The summed E-state index contributed by atoms with van der Waals surface area (Å²) in [6, 6.07) is 8.22. The number of fused-ring (bicyclic) bond motifs is 5. The van der Waals surface area contributed by atoms with Crippen LogP contribution in [-0.4, -0.2) is 12.4 Å². The Morgan fingerprint density at radius 1 is 1.00 bits per heavy atom. The lowest BCUT2D eigenvalue weighted by molar-refractivity contribution is -0.137. The second kappa shape index (κ2) is 7.53. The first-order valence-electron chi connectivity index (χ1n) is 12.4. The number of ether oxygens (including phenoxy) is 1. The van der Waals surface area contributed by atoms with E-state index in [9.17, 15) is 4.79 Å². The molecule has 162 valence electrons. The zero-order valence-corrected chi connectivity index (χ0v) is 19.1. The summed E-state index contributed by atoms with van der Waals surface area (Å²) in [6.45, 7) is 7.60. The predicted molar refractivity (Wildman–Crippen MR) is 122 cm³/mol. The van der Waals surface area contributed by atoms with Crippen molar-refractivity contribution in [3.8, 4) is 5.75 Å². The molecule has 1 aromatic rings. The van der Waals surface area contributed by atoms with E-state index in [1.807, 2.05) is 19.1 Å². The van der Waals surface area contributed by atoms with E-state index in [0.717, 1.165) is 47.5 Å². The van der Waals surface area contributed by atoms with E-state index in [0.29, 0.717) is 23.7 Å². The van der Waals surface area contributed by atoms with Gasteiger partial charge >= 0.3 is 0 Å². The molecule has 30 heavy (non-hydrogen) atoms. The highest BCUT2D eigenvalue weighted by molar-refractivity contribution is 6.05. The third-order valence-electron chi connectivity index (χ3n) is 9.76. The number of carbonyl (C=O) groups excluding carboxylic acids is 1. The minimum Gasteiger partial charge on any atom is -0.494 e. The summed E-state index contributed by atoms with van der Waals surface area (Å²) >= 11 is 0. The molecular formula is C28H38O2. The van der Waals surface area contributed by atoms with Crippen molar-refractivity contribution in [3.63, 3.8) is 0 Å². The highest BCUT2D eigenvalue weighted by atomic mass is 16.5. The van der Waals surface area contributed by atoms with Crippen molar-refractivity contribution in [3.05, 3.63) is 35.4 Å². The quantitative estimate of drug-likeness (QED) is 0.501. The summed E-state index contributed by atoms with van der Waals surface area (Å²) < 4.78 is 5.57. The van der Waals surface area contributed by atoms with Crippen LogP contribution in [0.2, 0.25) is 0 Å². The van der Waals surface area contributed by atoms with E-state index in [4.69, 9.17) is 4.74 Å². The Morgan fingerprint density at radius 2 is 1.80 bits per heavy atom. The highest BCUT2D eigenvalue weighted by Gasteiger charge is 2.60. The minimum absolute atomic E-state index is 0.129. The van der Waals surface area contributed by atoms with Crippen molar-refractivity contribution in [2.75, 3.05) is 6.61 Å². The van der Waals surface area contributed by atoms with Gasteiger partial charge in [-0.05, 0) is 110 Å². The SMILES string of the molecule is CCOc1ccc(/C=C2\C[C@H]3[C@@H]4CC[C@@H]5CCCC[C@]5(C)[C@H]4CC[C@]3(C)C2=O)cc1. The van der Waals surface area contributed by atoms with Crippen molar-refractivity contribution >= 4 is 11.9 Å². The zero-order valence-electron chi connectivity index (χ0n) is 19.1. The summed E-state index contributed by atoms with van der Waals surface area (Å²) in [5, 5.41) is 0. The number of carbonyl (C=O) groups is 1. The maximum atomic E-state index is 13.6. The van der Waals surface area contributed by atoms with E-state index in [-0.39, 0.29) is 5.41 Å². The van der Waals surface area contributed by atoms with Crippen molar-refractivity contribution in [2.45, 2.75) is 78.6 Å². The monoisotopic (exact) mass is 406 g/mol. The summed E-state index contributed by atoms with van der Waals surface area (Å²) in [5.41, 5.74) is 2.61. The summed E-state index contributed by atoms with van der Waals surface area (Å²) in [7, 11) is 0. The maximum absolute atomic E-state index is 13.6. The lowest BCUT2D eigenvalue weighted by Crippen LogP contribution is -2.52. The Kier molecular flexibility index (Phi) is 5.11. The smallest absolute Gasteiger partial charge is 0.165 e. The average Bonchev–Trinajstić information content (AvgIpc) is 3.00. The normalized spacial score (nSPS) is 41.8. The first kappa shape index (κ1) is 20.3. The Labute approximate surface area is 182 Å². The van der Waals surface area contributed by atoms with Gasteiger partial charge in [0.25, 0.3) is 0 Å². The molecule has 1 aromatic carbocycles. The molecule has 0 saturated heterocycles. The zero-order chi connectivity index (χ0) is 20.9. The van der Waals surface area contributed by atoms with Gasteiger partial charge in [0.15, 0.2) is 5.78 Å². The number of ketones is 1. The molecule has 0 unspecified atom stereocenters. The van der Waals surface area contributed by atoms with Gasteiger partial charge in [-0.15, -0.1) is 0 Å². The molecule has 0 spiro atoms. The van der Waals surface area contributed by atoms with Crippen molar-refractivity contribution < 1.29 is 9.53 Å². The molecule has 0 radical (unpaired) electrons. The van der Waals surface area contributed by atoms with Crippen LogP contribution in [0.25, 0.3) is 6.08 Å². The fourth-order valence-electron chi connectivity index (χ4n) is 8.12. The number of hydrogen-bond acceptors (Lipinski definition) is 2. The molecule has 4 aliphatic carbocycles. The predicted octanol–water partition coefficient (Wildman–Crippen LogP) is 7.08. The van der Waals surface area contributed by atoms with E-state index in [1.165, 1.54) is 44.9 Å². The lowest BCUT2D eigenvalue weighted by Gasteiger charge is -2.59. The molecule has 5 rings (SSSR count). The lowest BCUT2D eigenvalue weighted by atomic mass is 9.45. The highest BCUT2D eigenvalue weighted by Crippen LogP contribution is 2.66. The van der Waals surface area contributed by atoms with E-state index >= 15 is 0 Å². The third-order valence-corrected chi connectivity index (χ3v) is 9.76. The van der Waals surface area contributed by atoms with Crippen molar-refractivity contribution in [1.82, 2.24) is 0 Å². The number of hydrogen-bond donors (Lipinski definition) is 0. The molecule has 4 fully saturated rings. The number of benzene rings is 1. The molecule has 6 atom stereocenters. The second-order valence-electron chi connectivity index (χ2n) is 11.1. The van der Waals surface area contributed by atoms with Crippen molar-refractivity contribution in [2.24, 2.45) is 34.5 Å². The van der Waals surface area contributed by atoms with Crippen LogP contribution < -0.4 is 4.74 Å².